The summed E-state index contributed by atoms with van der Waals surface area (Å²) in [6.45, 7) is 4.99. The van der Waals surface area contributed by atoms with Crippen LogP contribution in [0.3, 0.4) is 0 Å². The molecule has 1 atom stereocenters. The SMILES string of the molecule is CCC(C)CCCCCCCCCO.[Ac]. The van der Waals surface area contributed by atoms with Crippen molar-refractivity contribution in [2.45, 2.75) is 71.6 Å². The summed E-state index contributed by atoms with van der Waals surface area (Å²) in [5.74, 6) is 0.921. The Labute approximate surface area is 132 Å². The van der Waals surface area contributed by atoms with Crippen molar-refractivity contribution < 1.29 is 49.2 Å². The van der Waals surface area contributed by atoms with Crippen molar-refractivity contribution in [3.8, 4) is 0 Å². The Balaban J connectivity index is 0. The summed E-state index contributed by atoms with van der Waals surface area (Å²) >= 11 is 0. The van der Waals surface area contributed by atoms with Gasteiger partial charge in [-0.2, -0.15) is 0 Å². The molecule has 0 rings (SSSR count). The molecule has 0 heterocycles. The zero-order valence-corrected chi connectivity index (χ0v) is 15.4. The largest absolute Gasteiger partial charge is 0.396 e. The first kappa shape index (κ1) is 18.8. The summed E-state index contributed by atoms with van der Waals surface area (Å²) in [5.41, 5.74) is 0. The molecule has 0 spiro atoms. The van der Waals surface area contributed by atoms with Crippen LogP contribution in [0.2, 0.25) is 0 Å². The Morgan fingerprint density at radius 1 is 0.867 bits per heavy atom. The van der Waals surface area contributed by atoms with Gasteiger partial charge in [-0.15, -0.1) is 0 Å². The van der Waals surface area contributed by atoms with Gasteiger partial charge in [0.15, 0.2) is 0 Å². The predicted molar refractivity (Wildman–Crippen MR) is 63.5 cm³/mol. The van der Waals surface area contributed by atoms with E-state index in [2.05, 4.69) is 13.8 Å². The Morgan fingerprint density at radius 3 is 1.80 bits per heavy atom. The van der Waals surface area contributed by atoms with Gasteiger partial charge in [0.05, 0.1) is 0 Å². The van der Waals surface area contributed by atoms with Gasteiger partial charge < -0.3 is 5.11 Å². The van der Waals surface area contributed by atoms with E-state index in [1.165, 1.54) is 51.4 Å². The third-order valence-electron chi connectivity index (χ3n) is 3.05. The molecule has 1 N–H and O–H groups in total. The average Bonchev–Trinajstić information content (AvgIpc) is 2.21. The molecular formula is C13H28AcO. The molecule has 15 heavy (non-hydrogen) atoms. The first-order chi connectivity index (χ1) is 6.81. The van der Waals surface area contributed by atoms with E-state index in [0.717, 1.165) is 12.3 Å². The van der Waals surface area contributed by atoms with E-state index in [4.69, 9.17) is 5.11 Å². The van der Waals surface area contributed by atoms with Crippen molar-refractivity contribution in [3.05, 3.63) is 0 Å². The van der Waals surface area contributed by atoms with Gasteiger partial charge in [-0.25, -0.2) is 0 Å². The van der Waals surface area contributed by atoms with Gasteiger partial charge in [0.25, 0.3) is 0 Å². The molecule has 0 aromatic rings. The third-order valence-corrected chi connectivity index (χ3v) is 3.05. The number of rotatable bonds is 10. The smallest absolute Gasteiger partial charge is 0.0431 e. The van der Waals surface area contributed by atoms with Crippen LogP contribution in [0.1, 0.15) is 71.6 Å². The van der Waals surface area contributed by atoms with Crippen LogP contribution >= 0.6 is 0 Å². The quantitative estimate of drug-likeness (QED) is 0.520. The fourth-order valence-electron chi connectivity index (χ4n) is 1.69. The molecule has 1 unspecified atom stereocenters. The van der Waals surface area contributed by atoms with Crippen molar-refractivity contribution in [1.82, 2.24) is 0 Å². The molecule has 1 nitrogen and oxygen atoms in total. The van der Waals surface area contributed by atoms with E-state index in [1.54, 1.807) is 0 Å². The average molecular weight is 427 g/mol. The Kier molecular flexibility index (Phi) is 19.3. The molecule has 0 aromatic carbocycles. The maximum atomic E-state index is 8.60. The molecule has 0 aromatic heterocycles. The minimum atomic E-state index is 0. The summed E-state index contributed by atoms with van der Waals surface area (Å²) < 4.78 is 0. The fourth-order valence-corrected chi connectivity index (χ4v) is 1.69. The van der Waals surface area contributed by atoms with Crippen LogP contribution in [0.25, 0.3) is 0 Å². The number of hydrogen-bond acceptors (Lipinski definition) is 1. The van der Waals surface area contributed by atoms with E-state index in [9.17, 15) is 0 Å². The van der Waals surface area contributed by atoms with Crippen LogP contribution < -0.4 is 0 Å². The molecule has 0 aliphatic rings. The van der Waals surface area contributed by atoms with Gasteiger partial charge in [-0.1, -0.05) is 65.2 Å². The molecule has 0 aliphatic carbocycles. The molecule has 0 saturated heterocycles. The molecule has 2 heteroatoms. The van der Waals surface area contributed by atoms with Crippen molar-refractivity contribution in [3.63, 3.8) is 0 Å². The first-order valence-corrected chi connectivity index (χ1v) is 6.42. The molecule has 0 amide bonds. The number of unbranched alkanes of at least 4 members (excludes halogenated alkanes) is 6. The number of aliphatic hydroxyl groups excluding tert-OH is 1. The second kappa shape index (κ2) is 15.4. The minimum absolute atomic E-state index is 0. The van der Waals surface area contributed by atoms with E-state index in [-0.39, 0.29) is 44.1 Å². The van der Waals surface area contributed by atoms with E-state index >= 15 is 0 Å². The predicted octanol–water partition coefficient (Wildman–Crippen LogP) is 4.15. The fraction of sp³-hybridized carbons (Fsp3) is 1.00. The number of aliphatic hydroxyl groups is 1. The van der Waals surface area contributed by atoms with E-state index < -0.39 is 0 Å². The summed E-state index contributed by atoms with van der Waals surface area (Å²) in [6.07, 6.45) is 11.8. The van der Waals surface area contributed by atoms with Gasteiger partial charge in [0, 0.05) is 50.7 Å². The monoisotopic (exact) mass is 427 g/mol. The molecule has 0 saturated carbocycles. The van der Waals surface area contributed by atoms with E-state index in [0.29, 0.717) is 6.61 Å². The van der Waals surface area contributed by atoms with E-state index in [1.807, 2.05) is 0 Å². The summed E-state index contributed by atoms with van der Waals surface area (Å²) in [4.78, 5) is 0. The summed E-state index contributed by atoms with van der Waals surface area (Å²) in [6, 6.07) is 0. The second-order valence-electron chi connectivity index (χ2n) is 4.50. The van der Waals surface area contributed by atoms with Crippen LogP contribution in [0, 0.1) is 50.0 Å². The molecule has 89 valence electrons. The van der Waals surface area contributed by atoms with Crippen LogP contribution in [0.5, 0.6) is 0 Å². The first-order valence-electron chi connectivity index (χ1n) is 6.42. The van der Waals surface area contributed by atoms with Crippen LogP contribution in [0.15, 0.2) is 0 Å². The van der Waals surface area contributed by atoms with Gasteiger partial charge in [0.1, 0.15) is 0 Å². The maximum absolute atomic E-state index is 8.60. The van der Waals surface area contributed by atoms with Crippen LogP contribution in [-0.4, -0.2) is 11.7 Å². The Hall–Kier alpha value is 1.40. The van der Waals surface area contributed by atoms with Gasteiger partial charge in [0.2, 0.25) is 0 Å². The third kappa shape index (κ3) is 15.4. The topological polar surface area (TPSA) is 20.2 Å². The summed E-state index contributed by atoms with van der Waals surface area (Å²) in [5, 5.41) is 8.60. The van der Waals surface area contributed by atoms with Crippen LogP contribution in [0.4, 0.5) is 0 Å². The zero-order chi connectivity index (χ0) is 10.6. The van der Waals surface area contributed by atoms with Crippen molar-refractivity contribution in [2.24, 2.45) is 5.92 Å². The van der Waals surface area contributed by atoms with Gasteiger partial charge in [-0.05, 0) is 12.3 Å². The van der Waals surface area contributed by atoms with Gasteiger partial charge in [-0.3, -0.25) is 0 Å². The summed E-state index contributed by atoms with van der Waals surface area (Å²) in [7, 11) is 0. The van der Waals surface area contributed by atoms with Crippen molar-refractivity contribution in [2.75, 3.05) is 6.61 Å². The van der Waals surface area contributed by atoms with Crippen molar-refractivity contribution >= 4 is 0 Å². The zero-order valence-electron chi connectivity index (χ0n) is 10.7. The number of hydrogen-bond donors (Lipinski definition) is 1. The molecule has 0 fully saturated rings. The minimum Gasteiger partial charge on any atom is -0.396 e. The van der Waals surface area contributed by atoms with Crippen molar-refractivity contribution in [1.29, 1.82) is 0 Å². The maximum Gasteiger partial charge on any atom is 0.0431 e. The Morgan fingerprint density at radius 2 is 1.33 bits per heavy atom. The van der Waals surface area contributed by atoms with Gasteiger partial charge >= 0.3 is 0 Å². The second-order valence-corrected chi connectivity index (χ2v) is 4.50. The molecule has 0 bridgehead atoms. The molecular weight excluding hydrogens is 399 g/mol. The molecule has 0 aliphatic heterocycles. The molecule has 1 radical (unpaired) electrons. The van der Waals surface area contributed by atoms with Crippen LogP contribution in [-0.2, 0) is 0 Å². The Bertz CT molecular complexity index is 107. The normalized spacial score (nSPS) is 12.2. The standard InChI is InChI=1S/C13H28O.Ac/c1-3-13(2)11-9-7-5-4-6-8-10-12-14;/h13-14H,3-12H2,1-2H3;.